The van der Waals surface area contributed by atoms with Gasteiger partial charge in [-0.2, -0.15) is 0 Å². The molecule has 116 valence electrons. The number of hydrogen-bond donors (Lipinski definition) is 1. The molecule has 4 nitrogen and oxygen atoms in total. The third-order valence-electron chi connectivity index (χ3n) is 4.59. The summed E-state index contributed by atoms with van der Waals surface area (Å²) in [5.41, 5.74) is 1.69. The molecule has 21 heavy (non-hydrogen) atoms. The van der Waals surface area contributed by atoms with Crippen LogP contribution in [0.25, 0.3) is 4.96 Å². The molecule has 0 bridgehead atoms. The van der Waals surface area contributed by atoms with Crippen LogP contribution in [0.4, 0.5) is 5.82 Å². The highest BCUT2D eigenvalue weighted by Crippen LogP contribution is 2.36. The second-order valence-electron chi connectivity index (χ2n) is 7.02. The quantitative estimate of drug-likeness (QED) is 0.940. The number of nitrogens with one attached hydrogen (secondary N) is 1. The SMILES string of the molecule is CCNCc1c(N2CCC(C(C)(C)C)C2)nc2sccn12. The van der Waals surface area contributed by atoms with Gasteiger partial charge in [-0.25, -0.2) is 4.98 Å². The van der Waals surface area contributed by atoms with Gasteiger partial charge in [0.25, 0.3) is 0 Å². The number of thiazole rings is 1. The number of hydrogen-bond acceptors (Lipinski definition) is 4. The summed E-state index contributed by atoms with van der Waals surface area (Å²) < 4.78 is 2.24. The minimum Gasteiger partial charge on any atom is -0.355 e. The van der Waals surface area contributed by atoms with Gasteiger partial charge >= 0.3 is 0 Å². The van der Waals surface area contributed by atoms with Crippen LogP contribution in [-0.4, -0.2) is 29.0 Å². The molecule has 1 atom stereocenters. The van der Waals surface area contributed by atoms with Gasteiger partial charge in [-0.3, -0.25) is 4.40 Å². The predicted molar refractivity (Wildman–Crippen MR) is 90.2 cm³/mol. The molecule has 0 saturated carbocycles. The van der Waals surface area contributed by atoms with Gasteiger partial charge in [0.05, 0.1) is 5.69 Å². The Morgan fingerprint density at radius 2 is 2.24 bits per heavy atom. The van der Waals surface area contributed by atoms with Gasteiger partial charge in [0, 0.05) is 31.2 Å². The van der Waals surface area contributed by atoms with Crippen molar-refractivity contribution in [3.63, 3.8) is 0 Å². The summed E-state index contributed by atoms with van der Waals surface area (Å²) in [4.78, 5) is 8.49. The third-order valence-corrected chi connectivity index (χ3v) is 5.35. The van der Waals surface area contributed by atoms with Crippen LogP contribution in [0.15, 0.2) is 11.6 Å². The highest BCUT2D eigenvalue weighted by Gasteiger charge is 2.33. The number of imidazole rings is 1. The summed E-state index contributed by atoms with van der Waals surface area (Å²) in [6.07, 6.45) is 3.41. The molecule has 0 aliphatic carbocycles. The molecule has 1 N–H and O–H groups in total. The summed E-state index contributed by atoms with van der Waals surface area (Å²) >= 11 is 1.72. The Labute approximate surface area is 131 Å². The monoisotopic (exact) mass is 306 g/mol. The van der Waals surface area contributed by atoms with Crippen molar-refractivity contribution in [2.75, 3.05) is 24.5 Å². The van der Waals surface area contributed by atoms with E-state index >= 15 is 0 Å². The Balaban J connectivity index is 1.88. The Hall–Kier alpha value is -1.07. The maximum absolute atomic E-state index is 4.89. The van der Waals surface area contributed by atoms with Gasteiger partial charge in [0.15, 0.2) is 10.8 Å². The minimum absolute atomic E-state index is 0.383. The van der Waals surface area contributed by atoms with Gasteiger partial charge in [-0.15, -0.1) is 11.3 Å². The van der Waals surface area contributed by atoms with Crippen molar-refractivity contribution < 1.29 is 0 Å². The molecule has 2 aromatic heterocycles. The van der Waals surface area contributed by atoms with Crippen LogP contribution >= 0.6 is 11.3 Å². The maximum Gasteiger partial charge on any atom is 0.195 e. The molecular formula is C16H26N4S. The zero-order valence-electron chi connectivity index (χ0n) is 13.5. The first-order valence-electron chi connectivity index (χ1n) is 7.90. The fourth-order valence-corrected chi connectivity index (χ4v) is 3.87. The number of fused-ring (bicyclic) bond motifs is 1. The van der Waals surface area contributed by atoms with Crippen molar-refractivity contribution in [2.45, 2.75) is 40.7 Å². The van der Waals surface area contributed by atoms with E-state index in [-0.39, 0.29) is 0 Å². The van der Waals surface area contributed by atoms with Crippen LogP contribution in [0.2, 0.25) is 0 Å². The second kappa shape index (κ2) is 5.61. The minimum atomic E-state index is 0.383. The molecule has 1 fully saturated rings. The molecule has 0 aromatic carbocycles. The summed E-state index contributed by atoms with van der Waals surface area (Å²) in [5.74, 6) is 1.94. The topological polar surface area (TPSA) is 32.6 Å². The average Bonchev–Trinajstić information content (AvgIpc) is 3.10. The lowest BCUT2D eigenvalue weighted by Crippen LogP contribution is -2.27. The molecule has 0 amide bonds. The maximum atomic E-state index is 4.89. The van der Waals surface area contributed by atoms with E-state index in [1.165, 1.54) is 17.9 Å². The zero-order chi connectivity index (χ0) is 15.0. The van der Waals surface area contributed by atoms with Crippen LogP contribution in [0.5, 0.6) is 0 Å². The molecule has 3 rings (SSSR count). The van der Waals surface area contributed by atoms with Crippen LogP contribution in [-0.2, 0) is 6.54 Å². The van der Waals surface area contributed by atoms with Crippen molar-refractivity contribution in [2.24, 2.45) is 11.3 Å². The standard InChI is InChI=1S/C16H26N4S/c1-5-17-10-13-14(18-15-20(13)8-9-21-15)19-7-6-12(11-19)16(2,3)4/h8-9,12,17H,5-7,10-11H2,1-4H3. The van der Waals surface area contributed by atoms with Crippen molar-refractivity contribution in [1.82, 2.24) is 14.7 Å². The lowest BCUT2D eigenvalue weighted by Gasteiger charge is -2.27. The fraction of sp³-hybridized carbons (Fsp3) is 0.688. The first kappa shape index (κ1) is 14.9. The lowest BCUT2D eigenvalue weighted by molar-refractivity contribution is 0.263. The summed E-state index contributed by atoms with van der Waals surface area (Å²) in [6.45, 7) is 13.4. The molecule has 1 aliphatic rings. The van der Waals surface area contributed by atoms with Crippen LogP contribution in [0.3, 0.4) is 0 Å². The van der Waals surface area contributed by atoms with E-state index in [2.05, 4.69) is 53.9 Å². The van der Waals surface area contributed by atoms with Gasteiger partial charge < -0.3 is 10.2 Å². The highest BCUT2D eigenvalue weighted by atomic mass is 32.1. The van der Waals surface area contributed by atoms with Gasteiger partial charge in [0.1, 0.15) is 0 Å². The van der Waals surface area contributed by atoms with Crippen LogP contribution in [0, 0.1) is 11.3 Å². The van der Waals surface area contributed by atoms with E-state index in [0.29, 0.717) is 5.41 Å². The largest absolute Gasteiger partial charge is 0.355 e. The average molecular weight is 306 g/mol. The molecule has 1 saturated heterocycles. The normalized spacial score (nSPS) is 19.8. The number of nitrogens with zero attached hydrogens (tertiary/aromatic N) is 3. The summed E-state index contributed by atoms with van der Waals surface area (Å²) in [5, 5.41) is 5.57. The summed E-state index contributed by atoms with van der Waals surface area (Å²) in [7, 11) is 0. The Bertz CT molecular complexity index is 607. The van der Waals surface area contributed by atoms with E-state index in [0.717, 1.165) is 37.1 Å². The zero-order valence-corrected chi connectivity index (χ0v) is 14.3. The smallest absolute Gasteiger partial charge is 0.195 e. The van der Waals surface area contributed by atoms with E-state index in [9.17, 15) is 0 Å². The Kier molecular flexibility index (Phi) is 3.97. The van der Waals surface area contributed by atoms with Crippen molar-refractivity contribution in [3.8, 4) is 0 Å². The first-order valence-corrected chi connectivity index (χ1v) is 8.78. The fourth-order valence-electron chi connectivity index (χ4n) is 3.14. The molecule has 0 radical (unpaired) electrons. The molecule has 1 unspecified atom stereocenters. The van der Waals surface area contributed by atoms with Crippen molar-refractivity contribution >= 4 is 22.1 Å². The number of rotatable bonds is 4. The summed E-state index contributed by atoms with van der Waals surface area (Å²) in [6, 6.07) is 0. The lowest BCUT2D eigenvalue weighted by atomic mass is 9.80. The van der Waals surface area contributed by atoms with E-state index < -0.39 is 0 Å². The Morgan fingerprint density at radius 3 is 2.90 bits per heavy atom. The third kappa shape index (κ3) is 2.81. The van der Waals surface area contributed by atoms with E-state index in [1.807, 2.05) is 0 Å². The molecule has 5 heteroatoms. The van der Waals surface area contributed by atoms with Crippen molar-refractivity contribution in [3.05, 3.63) is 17.3 Å². The van der Waals surface area contributed by atoms with Crippen LogP contribution < -0.4 is 10.2 Å². The van der Waals surface area contributed by atoms with Gasteiger partial charge in [-0.05, 0) is 24.3 Å². The number of anilines is 1. The van der Waals surface area contributed by atoms with Crippen LogP contribution in [0.1, 0.15) is 39.8 Å². The molecule has 3 heterocycles. The van der Waals surface area contributed by atoms with E-state index in [4.69, 9.17) is 4.98 Å². The molecule has 2 aromatic rings. The van der Waals surface area contributed by atoms with E-state index in [1.54, 1.807) is 11.3 Å². The Morgan fingerprint density at radius 1 is 1.43 bits per heavy atom. The molecule has 0 spiro atoms. The van der Waals surface area contributed by atoms with Gasteiger partial charge in [-0.1, -0.05) is 27.7 Å². The molecular weight excluding hydrogens is 280 g/mol. The second-order valence-corrected chi connectivity index (χ2v) is 7.89. The molecule has 1 aliphatic heterocycles. The number of aromatic nitrogens is 2. The predicted octanol–water partition coefficient (Wildman–Crippen LogP) is 3.38. The van der Waals surface area contributed by atoms with Gasteiger partial charge in [0.2, 0.25) is 0 Å². The van der Waals surface area contributed by atoms with Crippen molar-refractivity contribution in [1.29, 1.82) is 0 Å². The first-order chi connectivity index (χ1) is 10.0. The highest BCUT2D eigenvalue weighted by molar-refractivity contribution is 7.15.